The van der Waals surface area contributed by atoms with Crippen LogP contribution in [-0.2, 0) is 11.3 Å². The molecular formula is C12H13F2N5O2. The van der Waals surface area contributed by atoms with Crippen molar-refractivity contribution in [3.05, 3.63) is 35.7 Å². The van der Waals surface area contributed by atoms with Crippen molar-refractivity contribution in [2.75, 3.05) is 5.73 Å². The number of nitrogens with one attached hydrogen (secondary N) is 2. The molecule has 0 aliphatic carbocycles. The van der Waals surface area contributed by atoms with Crippen LogP contribution in [0, 0.1) is 11.6 Å². The lowest BCUT2D eigenvalue weighted by atomic mass is 10.3. The van der Waals surface area contributed by atoms with Crippen molar-refractivity contribution in [3.8, 4) is 5.75 Å². The van der Waals surface area contributed by atoms with Gasteiger partial charge in [-0.3, -0.25) is 9.89 Å². The zero-order chi connectivity index (χ0) is 15.4. The van der Waals surface area contributed by atoms with Crippen molar-refractivity contribution in [2.24, 2.45) is 0 Å². The van der Waals surface area contributed by atoms with E-state index in [0.29, 0.717) is 11.9 Å². The highest BCUT2D eigenvalue weighted by Gasteiger charge is 2.17. The number of nitrogens with two attached hydrogens (primary N) is 1. The van der Waals surface area contributed by atoms with Crippen LogP contribution in [0.15, 0.2) is 18.2 Å². The molecule has 0 aliphatic rings. The molecule has 1 heterocycles. The van der Waals surface area contributed by atoms with Crippen molar-refractivity contribution in [3.63, 3.8) is 0 Å². The number of aromatic nitrogens is 3. The highest BCUT2D eigenvalue weighted by Crippen LogP contribution is 2.18. The lowest BCUT2D eigenvalue weighted by Gasteiger charge is -2.14. The first-order chi connectivity index (χ1) is 9.95. The van der Waals surface area contributed by atoms with Gasteiger partial charge in [0.25, 0.3) is 5.91 Å². The van der Waals surface area contributed by atoms with Crippen LogP contribution in [-0.4, -0.2) is 27.2 Å². The molecule has 1 amide bonds. The first-order valence-electron chi connectivity index (χ1n) is 6.02. The van der Waals surface area contributed by atoms with Crippen molar-refractivity contribution in [2.45, 2.75) is 19.6 Å². The van der Waals surface area contributed by atoms with Crippen LogP contribution in [0.5, 0.6) is 5.75 Å². The number of H-pyrrole nitrogens is 1. The van der Waals surface area contributed by atoms with Gasteiger partial charge in [0.15, 0.2) is 17.7 Å². The van der Waals surface area contributed by atoms with Gasteiger partial charge in [0.1, 0.15) is 11.6 Å². The average molecular weight is 297 g/mol. The zero-order valence-electron chi connectivity index (χ0n) is 11.1. The molecule has 2 aromatic rings. The van der Waals surface area contributed by atoms with Gasteiger partial charge >= 0.3 is 0 Å². The molecule has 0 radical (unpaired) electrons. The number of rotatable bonds is 5. The number of amides is 1. The number of nitrogens with zero attached hydrogens (tertiary/aromatic N) is 2. The van der Waals surface area contributed by atoms with Gasteiger partial charge in [0, 0.05) is 6.07 Å². The van der Waals surface area contributed by atoms with Gasteiger partial charge in [0.05, 0.1) is 6.54 Å². The van der Waals surface area contributed by atoms with Crippen LogP contribution in [0.25, 0.3) is 0 Å². The van der Waals surface area contributed by atoms with Crippen LogP contribution >= 0.6 is 0 Å². The number of ether oxygens (including phenoxy) is 1. The topological polar surface area (TPSA) is 106 Å². The Hall–Kier alpha value is -2.71. The van der Waals surface area contributed by atoms with Crippen LogP contribution in [0.3, 0.4) is 0 Å². The Kier molecular flexibility index (Phi) is 4.31. The van der Waals surface area contributed by atoms with Gasteiger partial charge in [-0.15, -0.1) is 5.10 Å². The second kappa shape index (κ2) is 6.16. The van der Waals surface area contributed by atoms with E-state index in [1.165, 1.54) is 6.92 Å². The standard InChI is InChI=1S/C12H13F2N5O2/c1-6(21-9-3-2-7(13)4-8(9)14)11(20)16-5-10-17-12(15)19-18-10/h2-4,6H,5H2,1H3,(H,16,20)(H3,15,17,18,19)/t6-/m0/s1. The molecule has 0 bridgehead atoms. The van der Waals surface area contributed by atoms with Gasteiger partial charge in [0.2, 0.25) is 5.95 Å². The quantitative estimate of drug-likeness (QED) is 0.755. The molecule has 112 valence electrons. The molecule has 0 unspecified atom stereocenters. The summed E-state index contributed by atoms with van der Waals surface area (Å²) >= 11 is 0. The van der Waals surface area contributed by atoms with E-state index >= 15 is 0 Å². The monoisotopic (exact) mass is 297 g/mol. The van der Waals surface area contributed by atoms with Gasteiger partial charge in [-0.25, -0.2) is 8.78 Å². The average Bonchev–Trinajstić information content (AvgIpc) is 2.85. The molecule has 7 nitrogen and oxygen atoms in total. The molecule has 0 aliphatic heterocycles. The molecule has 0 saturated heterocycles. The molecule has 1 aromatic heterocycles. The third-order valence-electron chi connectivity index (χ3n) is 2.55. The number of anilines is 1. The normalized spacial score (nSPS) is 12.0. The fraction of sp³-hybridized carbons (Fsp3) is 0.250. The molecule has 0 spiro atoms. The molecule has 0 fully saturated rings. The summed E-state index contributed by atoms with van der Waals surface area (Å²) in [4.78, 5) is 15.6. The number of hydrogen-bond acceptors (Lipinski definition) is 5. The largest absolute Gasteiger partial charge is 0.478 e. The fourth-order valence-corrected chi connectivity index (χ4v) is 1.52. The number of halogens is 2. The zero-order valence-corrected chi connectivity index (χ0v) is 11.1. The summed E-state index contributed by atoms with van der Waals surface area (Å²) in [5.41, 5.74) is 5.31. The minimum Gasteiger partial charge on any atom is -0.478 e. The third kappa shape index (κ3) is 3.88. The van der Waals surface area contributed by atoms with Crippen LogP contribution < -0.4 is 15.8 Å². The molecule has 1 atom stereocenters. The molecule has 9 heteroatoms. The van der Waals surface area contributed by atoms with E-state index in [1.54, 1.807) is 0 Å². The van der Waals surface area contributed by atoms with Gasteiger partial charge < -0.3 is 15.8 Å². The maximum atomic E-state index is 13.4. The van der Waals surface area contributed by atoms with Crippen LogP contribution in [0.4, 0.5) is 14.7 Å². The SMILES string of the molecule is C[C@H](Oc1ccc(F)cc1F)C(=O)NCc1nc(N)n[nH]1. The van der Waals surface area contributed by atoms with E-state index in [-0.39, 0.29) is 18.2 Å². The number of nitrogen functional groups attached to an aromatic ring is 1. The lowest BCUT2D eigenvalue weighted by molar-refractivity contribution is -0.127. The number of benzene rings is 1. The summed E-state index contributed by atoms with van der Waals surface area (Å²) in [6.45, 7) is 1.51. The summed E-state index contributed by atoms with van der Waals surface area (Å²) in [5, 5.41) is 8.64. The van der Waals surface area contributed by atoms with E-state index in [0.717, 1.165) is 12.1 Å². The van der Waals surface area contributed by atoms with Crippen molar-refractivity contribution < 1.29 is 18.3 Å². The predicted octanol–water partition coefficient (Wildman–Crippen LogP) is 0.749. The molecule has 0 saturated carbocycles. The Morgan fingerprint density at radius 3 is 2.90 bits per heavy atom. The second-order valence-corrected chi connectivity index (χ2v) is 4.19. The fourth-order valence-electron chi connectivity index (χ4n) is 1.52. The van der Waals surface area contributed by atoms with Crippen molar-refractivity contribution >= 4 is 11.9 Å². The Morgan fingerprint density at radius 2 is 2.29 bits per heavy atom. The number of carbonyl (C=O) groups excluding carboxylic acids is 1. The van der Waals surface area contributed by atoms with Crippen LogP contribution in [0.2, 0.25) is 0 Å². The molecule has 1 aromatic carbocycles. The third-order valence-corrected chi connectivity index (χ3v) is 2.55. The number of carbonyl (C=O) groups is 1. The Labute approximate surface area is 118 Å². The summed E-state index contributed by atoms with van der Waals surface area (Å²) in [6.07, 6.45) is -0.967. The Bertz CT molecular complexity index is 646. The van der Waals surface area contributed by atoms with Crippen LogP contribution in [0.1, 0.15) is 12.7 Å². The number of hydrogen-bond donors (Lipinski definition) is 3. The summed E-state index contributed by atoms with van der Waals surface area (Å²) in [6, 6.07) is 2.84. The summed E-state index contributed by atoms with van der Waals surface area (Å²) in [7, 11) is 0. The maximum Gasteiger partial charge on any atom is 0.261 e. The van der Waals surface area contributed by atoms with E-state index in [4.69, 9.17) is 10.5 Å². The highest BCUT2D eigenvalue weighted by atomic mass is 19.1. The van der Waals surface area contributed by atoms with Gasteiger partial charge in [-0.2, -0.15) is 4.98 Å². The number of aromatic amines is 1. The van der Waals surface area contributed by atoms with Crippen molar-refractivity contribution in [1.29, 1.82) is 0 Å². The first-order valence-corrected chi connectivity index (χ1v) is 6.02. The summed E-state index contributed by atoms with van der Waals surface area (Å²) in [5.74, 6) is -1.85. The van der Waals surface area contributed by atoms with E-state index < -0.39 is 23.6 Å². The molecule has 4 N–H and O–H groups in total. The highest BCUT2D eigenvalue weighted by molar-refractivity contribution is 5.80. The predicted molar refractivity (Wildman–Crippen MR) is 69.1 cm³/mol. The van der Waals surface area contributed by atoms with E-state index in [2.05, 4.69) is 20.5 Å². The Morgan fingerprint density at radius 1 is 1.52 bits per heavy atom. The van der Waals surface area contributed by atoms with E-state index in [9.17, 15) is 13.6 Å². The lowest BCUT2D eigenvalue weighted by Crippen LogP contribution is -2.36. The Balaban J connectivity index is 1.90. The smallest absolute Gasteiger partial charge is 0.261 e. The van der Waals surface area contributed by atoms with E-state index in [1.807, 2.05) is 0 Å². The minimum atomic E-state index is -0.967. The van der Waals surface area contributed by atoms with Gasteiger partial charge in [-0.1, -0.05) is 0 Å². The van der Waals surface area contributed by atoms with Gasteiger partial charge in [-0.05, 0) is 19.1 Å². The molecule has 21 heavy (non-hydrogen) atoms. The maximum absolute atomic E-state index is 13.4. The second-order valence-electron chi connectivity index (χ2n) is 4.19. The first kappa shape index (κ1) is 14.7. The minimum absolute atomic E-state index is 0.0666. The molecule has 2 rings (SSSR count). The van der Waals surface area contributed by atoms with Crippen molar-refractivity contribution in [1.82, 2.24) is 20.5 Å². The summed E-state index contributed by atoms with van der Waals surface area (Å²) < 4.78 is 31.3. The molecular weight excluding hydrogens is 284 g/mol.